The van der Waals surface area contributed by atoms with Gasteiger partial charge in [-0.3, -0.25) is 14.5 Å². The summed E-state index contributed by atoms with van der Waals surface area (Å²) >= 11 is 0. The van der Waals surface area contributed by atoms with Crippen molar-refractivity contribution in [2.45, 2.75) is 58.0 Å². The molecule has 2 atom stereocenters. The monoisotopic (exact) mass is 252 g/mol. The van der Waals surface area contributed by atoms with E-state index in [2.05, 4.69) is 24.1 Å². The summed E-state index contributed by atoms with van der Waals surface area (Å²) in [5.74, 6) is 0.967. The van der Waals surface area contributed by atoms with E-state index in [1.165, 1.54) is 6.42 Å². The molecule has 4 nitrogen and oxygen atoms in total. The topological polar surface area (TPSA) is 49.4 Å². The molecular formula is C14H24N2O2. The molecule has 2 unspecified atom stereocenters. The molecule has 0 aromatic rings. The minimum absolute atomic E-state index is 0.106. The molecule has 0 saturated carbocycles. The first-order valence-electron chi connectivity index (χ1n) is 7.10. The molecule has 2 heterocycles. The summed E-state index contributed by atoms with van der Waals surface area (Å²) in [5.41, 5.74) is 0. The highest BCUT2D eigenvalue weighted by molar-refractivity contribution is 5.82. The number of Topliss-reactive ketones (excluding diaryl/α,β-unsaturated/α-hetero) is 1. The Labute approximate surface area is 109 Å². The van der Waals surface area contributed by atoms with Gasteiger partial charge in [0.1, 0.15) is 5.78 Å². The third-order valence-corrected chi connectivity index (χ3v) is 3.97. The number of amides is 1. The fourth-order valence-corrected chi connectivity index (χ4v) is 3.06. The second-order valence-corrected chi connectivity index (χ2v) is 6.06. The highest BCUT2D eigenvalue weighted by Crippen LogP contribution is 2.31. The Hall–Kier alpha value is -0.900. The molecule has 2 saturated heterocycles. The number of nitrogens with one attached hydrogen (secondary N) is 1. The lowest BCUT2D eigenvalue weighted by atomic mass is 9.84. The number of carbonyl (C=O) groups is 2. The molecular weight excluding hydrogens is 228 g/mol. The summed E-state index contributed by atoms with van der Waals surface area (Å²) in [4.78, 5) is 25.8. The second kappa shape index (κ2) is 5.83. The first-order chi connectivity index (χ1) is 8.56. The summed E-state index contributed by atoms with van der Waals surface area (Å²) in [7, 11) is 0. The van der Waals surface area contributed by atoms with E-state index in [1.54, 1.807) is 0 Å². The van der Waals surface area contributed by atoms with E-state index < -0.39 is 0 Å². The number of piperidine rings is 2. The highest BCUT2D eigenvalue weighted by atomic mass is 16.2. The van der Waals surface area contributed by atoms with Gasteiger partial charge < -0.3 is 5.32 Å². The molecule has 0 aliphatic carbocycles. The maximum atomic E-state index is 11.9. The van der Waals surface area contributed by atoms with Crippen molar-refractivity contribution in [2.75, 3.05) is 13.1 Å². The molecule has 2 bridgehead atoms. The number of hydrogen-bond donors (Lipinski definition) is 1. The third kappa shape index (κ3) is 3.31. The Bertz CT molecular complexity index is 312. The van der Waals surface area contributed by atoms with Crippen LogP contribution >= 0.6 is 0 Å². The Balaban J connectivity index is 1.88. The van der Waals surface area contributed by atoms with Gasteiger partial charge >= 0.3 is 0 Å². The van der Waals surface area contributed by atoms with Gasteiger partial charge in [-0.05, 0) is 18.8 Å². The van der Waals surface area contributed by atoms with Gasteiger partial charge in [-0.25, -0.2) is 0 Å². The fraction of sp³-hybridized carbons (Fsp3) is 0.857. The maximum Gasteiger partial charge on any atom is 0.234 e. The van der Waals surface area contributed by atoms with Crippen LogP contribution in [-0.4, -0.2) is 41.8 Å². The van der Waals surface area contributed by atoms with E-state index >= 15 is 0 Å². The number of rotatable bonds is 4. The van der Waals surface area contributed by atoms with Crippen LogP contribution in [0.2, 0.25) is 0 Å². The standard InChI is InChI=1S/C14H24N2O2/c1-10(2)8-15-14(18)9-16-11-4-3-5-12(16)7-13(17)6-11/h10-12H,3-9H2,1-2H3,(H,15,18). The molecule has 0 radical (unpaired) electrons. The molecule has 2 fully saturated rings. The number of carbonyl (C=O) groups excluding carboxylic acids is 2. The summed E-state index contributed by atoms with van der Waals surface area (Å²) in [6.45, 7) is 5.39. The van der Waals surface area contributed by atoms with Crippen molar-refractivity contribution in [1.29, 1.82) is 0 Å². The minimum Gasteiger partial charge on any atom is -0.355 e. The first kappa shape index (κ1) is 13.5. The van der Waals surface area contributed by atoms with Gasteiger partial charge in [0.25, 0.3) is 0 Å². The van der Waals surface area contributed by atoms with Crippen LogP contribution in [0.1, 0.15) is 46.0 Å². The van der Waals surface area contributed by atoms with E-state index in [9.17, 15) is 9.59 Å². The fourth-order valence-electron chi connectivity index (χ4n) is 3.06. The highest BCUT2D eigenvalue weighted by Gasteiger charge is 2.38. The summed E-state index contributed by atoms with van der Waals surface area (Å²) in [5, 5.41) is 2.96. The van der Waals surface area contributed by atoms with Gasteiger partial charge in [0.05, 0.1) is 6.54 Å². The lowest BCUT2D eigenvalue weighted by molar-refractivity contribution is -0.132. The zero-order chi connectivity index (χ0) is 13.1. The van der Waals surface area contributed by atoms with Crippen molar-refractivity contribution in [1.82, 2.24) is 10.2 Å². The van der Waals surface area contributed by atoms with Crippen molar-refractivity contribution < 1.29 is 9.59 Å². The molecule has 4 heteroatoms. The summed E-state index contributed by atoms with van der Waals surface area (Å²) < 4.78 is 0. The van der Waals surface area contributed by atoms with E-state index in [0.29, 0.717) is 43.2 Å². The molecule has 2 aliphatic heterocycles. The predicted molar refractivity (Wildman–Crippen MR) is 70.2 cm³/mol. The quantitative estimate of drug-likeness (QED) is 0.821. The molecule has 1 N–H and O–H groups in total. The van der Waals surface area contributed by atoms with Gasteiger partial charge in [0.2, 0.25) is 5.91 Å². The Morgan fingerprint density at radius 2 is 1.94 bits per heavy atom. The van der Waals surface area contributed by atoms with Crippen LogP contribution < -0.4 is 5.32 Å². The zero-order valence-electron chi connectivity index (χ0n) is 11.4. The van der Waals surface area contributed by atoms with Crippen LogP contribution in [0.15, 0.2) is 0 Å². The molecule has 102 valence electrons. The van der Waals surface area contributed by atoms with Crippen LogP contribution in [0, 0.1) is 5.92 Å². The number of fused-ring (bicyclic) bond motifs is 2. The molecule has 2 aliphatic rings. The summed E-state index contributed by atoms with van der Waals surface area (Å²) in [6.07, 6.45) is 4.63. The van der Waals surface area contributed by atoms with Crippen molar-refractivity contribution in [3.63, 3.8) is 0 Å². The first-order valence-corrected chi connectivity index (χ1v) is 7.10. The van der Waals surface area contributed by atoms with E-state index in [0.717, 1.165) is 19.4 Å². The third-order valence-electron chi connectivity index (χ3n) is 3.97. The minimum atomic E-state index is 0.106. The van der Waals surface area contributed by atoms with Crippen LogP contribution in [0.4, 0.5) is 0 Å². The van der Waals surface area contributed by atoms with Gasteiger partial charge in [-0.1, -0.05) is 20.3 Å². The van der Waals surface area contributed by atoms with Gasteiger partial charge in [0.15, 0.2) is 0 Å². The molecule has 0 aromatic heterocycles. The average molecular weight is 252 g/mol. The van der Waals surface area contributed by atoms with Crippen LogP contribution in [0.3, 0.4) is 0 Å². The second-order valence-electron chi connectivity index (χ2n) is 6.06. The molecule has 1 amide bonds. The maximum absolute atomic E-state index is 11.9. The Morgan fingerprint density at radius 1 is 1.33 bits per heavy atom. The van der Waals surface area contributed by atoms with Crippen molar-refractivity contribution in [3.8, 4) is 0 Å². The van der Waals surface area contributed by atoms with E-state index in [-0.39, 0.29) is 5.91 Å². The lowest BCUT2D eigenvalue weighted by Gasteiger charge is -2.45. The van der Waals surface area contributed by atoms with Crippen molar-refractivity contribution in [2.24, 2.45) is 5.92 Å². The summed E-state index contributed by atoms with van der Waals surface area (Å²) in [6, 6.07) is 0.629. The lowest BCUT2D eigenvalue weighted by Crippen LogP contribution is -2.55. The van der Waals surface area contributed by atoms with Crippen LogP contribution in [0.25, 0.3) is 0 Å². The predicted octanol–water partition coefficient (Wildman–Crippen LogP) is 1.34. The van der Waals surface area contributed by atoms with E-state index in [4.69, 9.17) is 0 Å². The molecule has 2 rings (SSSR count). The molecule has 0 aromatic carbocycles. The van der Waals surface area contributed by atoms with Gasteiger partial charge in [-0.2, -0.15) is 0 Å². The van der Waals surface area contributed by atoms with Crippen LogP contribution in [-0.2, 0) is 9.59 Å². The number of hydrogen-bond acceptors (Lipinski definition) is 3. The normalized spacial score (nSPS) is 28.5. The van der Waals surface area contributed by atoms with Gasteiger partial charge in [0, 0.05) is 31.5 Å². The number of ketones is 1. The smallest absolute Gasteiger partial charge is 0.234 e. The van der Waals surface area contributed by atoms with Crippen molar-refractivity contribution >= 4 is 11.7 Å². The van der Waals surface area contributed by atoms with Gasteiger partial charge in [-0.15, -0.1) is 0 Å². The molecule has 0 spiro atoms. The Morgan fingerprint density at radius 3 is 2.50 bits per heavy atom. The molecule has 18 heavy (non-hydrogen) atoms. The largest absolute Gasteiger partial charge is 0.355 e. The Kier molecular flexibility index (Phi) is 4.38. The van der Waals surface area contributed by atoms with Crippen LogP contribution in [0.5, 0.6) is 0 Å². The van der Waals surface area contributed by atoms with E-state index in [1.807, 2.05) is 0 Å². The average Bonchev–Trinajstić information content (AvgIpc) is 2.27. The van der Waals surface area contributed by atoms with Crippen molar-refractivity contribution in [3.05, 3.63) is 0 Å². The zero-order valence-corrected chi connectivity index (χ0v) is 11.4. The number of nitrogens with zero attached hydrogens (tertiary/aromatic N) is 1. The SMILES string of the molecule is CC(C)CNC(=O)CN1C2CCCC1CC(=O)C2.